The van der Waals surface area contributed by atoms with Crippen molar-refractivity contribution in [3.8, 4) is 36.3 Å². The van der Waals surface area contributed by atoms with E-state index >= 15 is 0 Å². The van der Waals surface area contributed by atoms with Crippen molar-refractivity contribution in [2.75, 3.05) is 0 Å². The monoisotopic (exact) mass is 259 g/mol. The Labute approximate surface area is 115 Å². The van der Waals surface area contributed by atoms with Crippen LogP contribution in [0.5, 0.6) is 0 Å². The molecule has 5 nitrogen and oxygen atoms in total. The van der Waals surface area contributed by atoms with Crippen LogP contribution in [0.1, 0.15) is 11.1 Å². The summed E-state index contributed by atoms with van der Waals surface area (Å²) < 4.78 is 3.23. The van der Waals surface area contributed by atoms with Crippen LogP contribution < -0.4 is 0 Å². The molecule has 0 aliphatic heterocycles. The first kappa shape index (κ1) is 11.8. The Morgan fingerprint density at radius 1 is 0.850 bits per heavy atom. The Morgan fingerprint density at radius 3 is 1.75 bits per heavy atom. The summed E-state index contributed by atoms with van der Waals surface area (Å²) in [5, 5.41) is 8.33. The predicted octanol–water partition coefficient (Wildman–Crippen LogP) is 1.42. The quantitative estimate of drug-likeness (QED) is 0.654. The molecule has 0 unspecified atom stereocenters. The fourth-order valence-electron chi connectivity index (χ4n) is 1.71. The second-order valence-electron chi connectivity index (χ2n) is 3.99. The van der Waals surface area contributed by atoms with E-state index < -0.39 is 0 Å². The van der Waals surface area contributed by atoms with Gasteiger partial charge in [0.25, 0.3) is 0 Å². The molecule has 5 heteroatoms. The maximum atomic E-state index is 5.32. The highest BCUT2D eigenvalue weighted by Gasteiger charge is 2.05. The van der Waals surface area contributed by atoms with Gasteiger partial charge in [0.15, 0.2) is 11.6 Å². The summed E-state index contributed by atoms with van der Waals surface area (Å²) >= 11 is 0. The highest BCUT2D eigenvalue weighted by Crippen LogP contribution is 2.10. The maximum Gasteiger partial charge on any atom is 0.155 e. The molecule has 0 spiro atoms. The normalized spacial score (nSPS) is 9.90. The number of pyridine rings is 1. The highest BCUT2D eigenvalue weighted by molar-refractivity contribution is 5.36. The van der Waals surface area contributed by atoms with Gasteiger partial charge in [-0.15, -0.1) is 12.8 Å². The minimum Gasteiger partial charge on any atom is -0.221 e. The molecule has 0 aliphatic rings. The van der Waals surface area contributed by atoms with Crippen LogP contribution in [0.2, 0.25) is 0 Å². The predicted molar refractivity (Wildman–Crippen MR) is 74.4 cm³/mol. The lowest BCUT2D eigenvalue weighted by Gasteiger charge is -2.03. The average molecular weight is 259 g/mol. The third-order valence-corrected chi connectivity index (χ3v) is 2.69. The zero-order valence-corrected chi connectivity index (χ0v) is 10.4. The summed E-state index contributed by atoms with van der Waals surface area (Å²) in [6, 6.07) is 5.54. The lowest BCUT2D eigenvalue weighted by Crippen LogP contribution is -2.03. The van der Waals surface area contributed by atoms with Crippen molar-refractivity contribution in [1.82, 2.24) is 24.5 Å². The van der Waals surface area contributed by atoms with E-state index in [1.165, 1.54) is 0 Å². The van der Waals surface area contributed by atoms with Gasteiger partial charge in [-0.3, -0.25) is 0 Å². The molecule has 0 radical (unpaired) electrons. The van der Waals surface area contributed by atoms with Gasteiger partial charge in [0, 0.05) is 12.4 Å². The molecule has 20 heavy (non-hydrogen) atoms. The third-order valence-electron chi connectivity index (χ3n) is 2.69. The Kier molecular flexibility index (Phi) is 2.80. The lowest BCUT2D eigenvalue weighted by atomic mass is 10.4. The largest absolute Gasteiger partial charge is 0.221 e. The van der Waals surface area contributed by atoms with E-state index in [4.69, 9.17) is 12.8 Å². The van der Waals surface area contributed by atoms with Gasteiger partial charge in [0.2, 0.25) is 0 Å². The highest BCUT2D eigenvalue weighted by atomic mass is 15.3. The van der Waals surface area contributed by atoms with Crippen LogP contribution in [0.4, 0.5) is 0 Å². The zero-order chi connectivity index (χ0) is 13.9. The summed E-state index contributed by atoms with van der Waals surface area (Å²) in [7, 11) is 0. The summed E-state index contributed by atoms with van der Waals surface area (Å²) in [6.45, 7) is 0. The van der Waals surface area contributed by atoms with Gasteiger partial charge in [-0.1, -0.05) is 17.9 Å². The molecule has 0 aromatic carbocycles. The molecule has 94 valence electrons. The summed E-state index contributed by atoms with van der Waals surface area (Å²) in [5.41, 5.74) is 1.40. The van der Waals surface area contributed by atoms with E-state index in [0.29, 0.717) is 22.8 Å². The smallest absolute Gasteiger partial charge is 0.155 e. The number of aromatic nitrogens is 5. The molecule has 3 rings (SSSR count). The number of hydrogen-bond acceptors (Lipinski definition) is 3. The van der Waals surface area contributed by atoms with Crippen molar-refractivity contribution < 1.29 is 0 Å². The fraction of sp³-hybridized carbons (Fsp3) is 0. The fourth-order valence-corrected chi connectivity index (χ4v) is 1.71. The Bertz CT molecular complexity index is 774. The van der Waals surface area contributed by atoms with Crippen molar-refractivity contribution in [2.24, 2.45) is 0 Å². The maximum absolute atomic E-state index is 5.32. The van der Waals surface area contributed by atoms with Crippen LogP contribution in [0.15, 0.2) is 43.0 Å². The van der Waals surface area contributed by atoms with Gasteiger partial charge in [-0.2, -0.15) is 10.2 Å². The molecular formula is C15H9N5. The van der Waals surface area contributed by atoms with Crippen LogP contribution in [-0.4, -0.2) is 24.5 Å². The van der Waals surface area contributed by atoms with Gasteiger partial charge in [-0.05, 0) is 12.1 Å². The van der Waals surface area contributed by atoms with Gasteiger partial charge in [-0.25, -0.2) is 14.3 Å². The van der Waals surface area contributed by atoms with Gasteiger partial charge < -0.3 is 0 Å². The minimum atomic E-state index is 0.654. The van der Waals surface area contributed by atoms with Crippen LogP contribution in [0, 0.1) is 24.7 Å². The molecule has 3 heterocycles. The van der Waals surface area contributed by atoms with E-state index in [1.807, 2.05) is 18.2 Å². The molecule has 0 bridgehead atoms. The van der Waals surface area contributed by atoms with Gasteiger partial charge in [0.1, 0.15) is 0 Å². The van der Waals surface area contributed by atoms with E-state index in [2.05, 4.69) is 27.0 Å². The lowest BCUT2D eigenvalue weighted by molar-refractivity contribution is 0.803. The Morgan fingerprint density at radius 2 is 1.35 bits per heavy atom. The Balaban J connectivity index is 2.01. The van der Waals surface area contributed by atoms with Crippen molar-refractivity contribution in [2.45, 2.75) is 0 Å². The third kappa shape index (κ3) is 2.05. The minimum absolute atomic E-state index is 0.654. The molecular weight excluding hydrogens is 250 g/mol. The van der Waals surface area contributed by atoms with E-state index in [0.717, 1.165) is 0 Å². The van der Waals surface area contributed by atoms with Crippen LogP contribution in [-0.2, 0) is 0 Å². The molecule has 0 N–H and O–H groups in total. The summed E-state index contributed by atoms with van der Waals surface area (Å²) in [6.07, 6.45) is 17.3. The first-order chi connectivity index (χ1) is 9.80. The topological polar surface area (TPSA) is 48.5 Å². The first-order valence-electron chi connectivity index (χ1n) is 5.80. The van der Waals surface area contributed by atoms with Gasteiger partial charge >= 0.3 is 0 Å². The number of terminal acetylenes is 2. The van der Waals surface area contributed by atoms with Gasteiger partial charge in [0.05, 0.1) is 23.5 Å². The van der Waals surface area contributed by atoms with Crippen molar-refractivity contribution in [3.05, 3.63) is 54.1 Å². The van der Waals surface area contributed by atoms with Crippen molar-refractivity contribution in [1.29, 1.82) is 0 Å². The first-order valence-corrected chi connectivity index (χ1v) is 5.80. The standard InChI is InChI=1S/C15H9N5/c1-3-12-8-16-19(10-12)14-6-5-7-15(18-14)20-11-13(4-2)9-17-20/h1-2,5-11H. The second-order valence-corrected chi connectivity index (χ2v) is 3.99. The molecule has 0 saturated carbocycles. The average Bonchev–Trinajstić information content (AvgIpc) is 3.16. The number of rotatable bonds is 2. The SMILES string of the molecule is C#Cc1cnn(-c2cccc(-n3cc(C#C)cn3)n2)c1. The number of nitrogens with zero attached hydrogens (tertiary/aromatic N) is 5. The van der Waals surface area contributed by atoms with Crippen LogP contribution in [0.3, 0.4) is 0 Å². The molecule has 0 amide bonds. The number of hydrogen-bond donors (Lipinski definition) is 0. The summed E-state index contributed by atoms with van der Waals surface area (Å²) in [5.74, 6) is 6.36. The van der Waals surface area contributed by atoms with Crippen molar-refractivity contribution in [3.63, 3.8) is 0 Å². The van der Waals surface area contributed by atoms with Crippen molar-refractivity contribution >= 4 is 0 Å². The zero-order valence-electron chi connectivity index (χ0n) is 10.4. The van der Waals surface area contributed by atoms with E-state index in [-0.39, 0.29) is 0 Å². The van der Waals surface area contributed by atoms with Crippen LogP contribution in [0.25, 0.3) is 11.6 Å². The molecule has 0 saturated heterocycles. The molecule has 3 aromatic heterocycles. The molecule has 0 aliphatic carbocycles. The Hall–Kier alpha value is -3.31. The van der Waals surface area contributed by atoms with E-state index in [1.54, 1.807) is 34.2 Å². The van der Waals surface area contributed by atoms with Crippen LogP contribution >= 0.6 is 0 Å². The molecule has 0 atom stereocenters. The molecule has 0 fully saturated rings. The summed E-state index contributed by atoms with van der Waals surface area (Å²) in [4.78, 5) is 4.47. The molecule has 3 aromatic rings. The second kappa shape index (κ2) is 4.75. The van der Waals surface area contributed by atoms with E-state index in [9.17, 15) is 0 Å².